The lowest BCUT2D eigenvalue weighted by atomic mass is 10.0. The van der Waals surface area contributed by atoms with Crippen LogP contribution in [0.25, 0.3) is 0 Å². The van der Waals surface area contributed by atoms with E-state index in [2.05, 4.69) is 56.4 Å². The first-order chi connectivity index (χ1) is 7.78. The van der Waals surface area contributed by atoms with Crippen LogP contribution < -0.4 is 5.32 Å². The van der Waals surface area contributed by atoms with E-state index in [0.29, 0.717) is 16.9 Å². The third kappa shape index (κ3) is 1.85. The first-order valence-electron chi connectivity index (χ1n) is 6.55. The number of hydrogen-bond acceptors (Lipinski definition) is 2. The number of nitrogens with one attached hydrogen (secondary N) is 1. The van der Waals surface area contributed by atoms with E-state index in [1.807, 2.05) is 12.4 Å². The van der Waals surface area contributed by atoms with Crippen LogP contribution in [0.4, 0.5) is 5.95 Å². The van der Waals surface area contributed by atoms with Gasteiger partial charge in [0.1, 0.15) is 0 Å². The molecule has 1 N–H and O–H groups in total. The van der Waals surface area contributed by atoms with Crippen LogP contribution in [-0.4, -0.2) is 16.1 Å². The molecule has 1 heterocycles. The minimum Gasteiger partial charge on any atom is -0.355 e. The number of anilines is 1. The second-order valence-electron chi connectivity index (χ2n) is 6.63. The van der Waals surface area contributed by atoms with Crippen molar-refractivity contribution in [2.75, 3.05) is 11.9 Å². The van der Waals surface area contributed by atoms with Gasteiger partial charge < -0.3 is 9.88 Å². The molecule has 0 aliphatic heterocycles. The Kier molecular flexibility index (Phi) is 2.75. The van der Waals surface area contributed by atoms with Gasteiger partial charge in [-0.15, -0.1) is 0 Å². The molecule has 0 atom stereocenters. The Bertz CT molecular complexity index is 387. The molecule has 3 heteroatoms. The van der Waals surface area contributed by atoms with Crippen molar-refractivity contribution in [1.82, 2.24) is 9.55 Å². The second kappa shape index (κ2) is 3.76. The van der Waals surface area contributed by atoms with Crippen molar-refractivity contribution in [3.05, 3.63) is 12.4 Å². The summed E-state index contributed by atoms with van der Waals surface area (Å²) in [6.45, 7) is 14.8. The van der Waals surface area contributed by atoms with Crippen molar-refractivity contribution in [3.63, 3.8) is 0 Å². The van der Waals surface area contributed by atoms with E-state index < -0.39 is 0 Å². The molecular formula is C14H25N3. The highest BCUT2D eigenvalue weighted by molar-refractivity contribution is 5.29. The molecule has 0 amide bonds. The van der Waals surface area contributed by atoms with Crippen LogP contribution in [-0.2, 0) is 0 Å². The van der Waals surface area contributed by atoms with Gasteiger partial charge in [0, 0.05) is 25.0 Å². The van der Waals surface area contributed by atoms with Crippen LogP contribution in [0.5, 0.6) is 0 Å². The van der Waals surface area contributed by atoms with E-state index in [1.54, 1.807) is 0 Å². The lowest BCUT2D eigenvalue weighted by Crippen LogP contribution is -2.13. The first kappa shape index (κ1) is 12.5. The fourth-order valence-corrected chi connectivity index (χ4v) is 2.90. The highest BCUT2D eigenvalue weighted by atomic mass is 15.2. The minimum absolute atomic E-state index is 0.440. The van der Waals surface area contributed by atoms with E-state index in [0.717, 1.165) is 18.4 Å². The van der Waals surface area contributed by atoms with E-state index in [4.69, 9.17) is 0 Å². The average Bonchev–Trinajstić information content (AvgIpc) is 2.56. The predicted molar refractivity (Wildman–Crippen MR) is 72.2 cm³/mol. The van der Waals surface area contributed by atoms with Crippen LogP contribution in [0, 0.1) is 16.7 Å². The molecule has 3 nitrogen and oxygen atoms in total. The number of nitrogens with zero attached hydrogens (tertiary/aromatic N) is 2. The van der Waals surface area contributed by atoms with Gasteiger partial charge in [0.05, 0.1) is 0 Å². The zero-order valence-electron chi connectivity index (χ0n) is 11.9. The third-order valence-corrected chi connectivity index (χ3v) is 5.01. The predicted octanol–water partition coefficient (Wildman–Crippen LogP) is 3.56. The van der Waals surface area contributed by atoms with Crippen LogP contribution in [0.3, 0.4) is 0 Å². The molecule has 0 unspecified atom stereocenters. The highest BCUT2D eigenvalue weighted by Gasteiger charge is 2.64. The summed E-state index contributed by atoms with van der Waals surface area (Å²) in [4.78, 5) is 4.38. The minimum atomic E-state index is 0.440. The summed E-state index contributed by atoms with van der Waals surface area (Å²) in [5, 5.41) is 3.50. The zero-order valence-corrected chi connectivity index (χ0v) is 11.9. The number of aromatic nitrogens is 2. The summed E-state index contributed by atoms with van der Waals surface area (Å²) in [6, 6.07) is 0.459. The van der Waals surface area contributed by atoms with Gasteiger partial charge in [0.25, 0.3) is 0 Å². The SMILES string of the molecule is CC(C)n1ccnc1NCC1C(C)(C)C1(C)C. The third-order valence-electron chi connectivity index (χ3n) is 5.01. The van der Waals surface area contributed by atoms with Gasteiger partial charge in [-0.1, -0.05) is 27.7 Å². The normalized spacial score (nSPS) is 21.8. The number of imidazole rings is 1. The molecule has 17 heavy (non-hydrogen) atoms. The molecule has 0 saturated heterocycles. The summed E-state index contributed by atoms with van der Waals surface area (Å²) < 4.78 is 2.18. The lowest BCUT2D eigenvalue weighted by molar-refractivity contribution is 0.457. The molecule has 1 aliphatic rings. The molecule has 96 valence electrons. The van der Waals surface area contributed by atoms with Gasteiger partial charge in [-0.25, -0.2) is 4.98 Å². The Morgan fingerprint density at radius 3 is 2.35 bits per heavy atom. The van der Waals surface area contributed by atoms with Crippen molar-refractivity contribution in [2.45, 2.75) is 47.6 Å². The summed E-state index contributed by atoms with van der Waals surface area (Å²) in [6.07, 6.45) is 3.90. The van der Waals surface area contributed by atoms with Crippen molar-refractivity contribution < 1.29 is 0 Å². The molecule has 0 aromatic carbocycles. The van der Waals surface area contributed by atoms with Crippen molar-refractivity contribution in [2.24, 2.45) is 16.7 Å². The molecule has 1 aromatic rings. The van der Waals surface area contributed by atoms with E-state index >= 15 is 0 Å². The summed E-state index contributed by atoms with van der Waals surface area (Å²) >= 11 is 0. The smallest absolute Gasteiger partial charge is 0.203 e. The molecule has 2 rings (SSSR count). The van der Waals surface area contributed by atoms with Gasteiger partial charge in [-0.3, -0.25) is 0 Å². The Hall–Kier alpha value is -0.990. The van der Waals surface area contributed by atoms with E-state index in [1.165, 1.54) is 0 Å². The maximum atomic E-state index is 4.38. The van der Waals surface area contributed by atoms with Gasteiger partial charge in [0.15, 0.2) is 0 Å². The molecule has 0 bridgehead atoms. The molecule has 1 aliphatic carbocycles. The largest absolute Gasteiger partial charge is 0.355 e. The molecule has 1 fully saturated rings. The topological polar surface area (TPSA) is 29.9 Å². The van der Waals surface area contributed by atoms with Crippen LogP contribution in [0.2, 0.25) is 0 Å². The van der Waals surface area contributed by atoms with Gasteiger partial charge in [-0.05, 0) is 30.6 Å². The first-order valence-corrected chi connectivity index (χ1v) is 6.55. The quantitative estimate of drug-likeness (QED) is 0.864. The Labute approximate surface area is 105 Å². The Morgan fingerprint density at radius 1 is 1.29 bits per heavy atom. The monoisotopic (exact) mass is 235 g/mol. The Morgan fingerprint density at radius 2 is 1.88 bits per heavy atom. The fraction of sp³-hybridized carbons (Fsp3) is 0.786. The van der Waals surface area contributed by atoms with Crippen molar-refractivity contribution >= 4 is 5.95 Å². The second-order valence-corrected chi connectivity index (χ2v) is 6.63. The molecule has 1 aromatic heterocycles. The Balaban J connectivity index is 1.98. The molecule has 1 saturated carbocycles. The van der Waals surface area contributed by atoms with Crippen LogP contribution in [0.15, 0.2) is 12.4 Å². The standard InChI is InChI=1S/C14H25N3/c1-10(2)17-8-7-15-12(17)16-9-11-13(3,4)14(11,5)6/h7-8,10-11H,9H2,1-6H3,(H,15,16). The molecule has 0 spiro atoms. The summed E-state index contributed by atoms with van der Waals surface area (Å²) in [5.41, 5.74) is 0.879. The molecule has 0 radical (unpaired) electrons. The highest BCUT2D eigenvalue weighted by Crippen LogP contribution is 2.68. The van der Waals surface area contributed by atoms with E-state index in [-0.39, 0.29) is 0 Å². The summed E-state index contributed by atoms with van der Waals surface area (Å²) in [7, 11) is 0. The average molecular weight is 235 g/mol. The van der Waals surface area contributed by atoms with E-state index in [9.17, 15) is 0 Å². The zero-order chi connectivity index (χ0) is 12.8. The molecular weight excluding hydrogens is 210 g/mol. The van der Waals surface area contributed by atoms with Gasteiger partial charge in [0.2, 0.25) is 5.95 Å². The number of hydrogen-bond donors (Lipinski definition) is 1. The maximum absolute atomic E-state index is 4.38. The maximum Gasteiger partial charge on any atom is 0.203 e. The van der Waals surface area contributed by atoms with Crippen molar-refractivity contribution in [3.8, 4) is 0 Å². The van der Waals surface area contributed by atoms with Crippen LogP contribution in [0.1, 0.15) is 47.6 Å². The van der Waals surface area contributed by atoms with Gasteiger partial charge >= 0.3 is 0 Å². The van der Waals surface area contributed by atoms with Crippen molar-refractivity contribution in [1.29, 1.82) is 0 Å². The van der Waals surface area contributed by atoms with Gasteiger partial charge in [-0.2, -0.15) is 0 Å². The number of rotatable bonds is 4. The van der Waals surface area contributed by atoms with Crippen LogP contribution >= 0.6 is 0 Å². The lowest BCUT2D eigenvalue weighted by Gasteiger charge is -2.13. The summed E-state index contributed by atoms with van der Waals surface area (Å²) in [5.74, 6) is 1.73. The fourth-order valence-electron chi connectivity index (χ4n) is 2.90.